The molecule has 3 aromatic carbocycles. The molecule has 1 aromatic heterocycles. The van der Waals surface area contributed by atoms with E-state index in [2.05, 4.69) is 76.0 Å². The van der Waals surface area contributed by atoms with Crippen LogP contribution in [0.4, 0.5) is 4.39 Å². The summed E-state index contributed by atoms with van der Waals surface area (Å²) in [4.78, 5) is 17.3. The second-order valence-corrected chi connectivity index (χ2v) is 19.9. The molecule has 1 radical (unpaired) electrons. The second kappa shape index (κ2) is 16.7. The maximum atomic E-state index is 13.6. The van der Waals surface area contributed by atoms with Gasteiger partial charge in [0, 0.05) is 42.9 Å². The summed E-state index contributed by atoms with van der Waals surface area (Å²) in [5.41, 5.74) is 7.86. The van der Waals surface area contributed by atoms with Crippen molar-refractivity contribution in [2.45, 2.75) is 105 Å². The summed E-state index contributed by atoms with van der Waals surface area (Å²) < 4.78 is 13.6. The molecular weight excluding hydrogens is 790 g/mol. The number of fused-ring (bicyclic) bond motifs is 1. The maximum Gasteiger partial charge on any atom is 0.164 e. The Kier molecular flexibility index (Phi) is 13.1. The van der Waals surface area contributed by atoms with E-state index >= 15 is 0 Å². The zero-order valence-electron chi connectivity index (χ0n) is 29.5. The molecule has 1 heterocycles. The number of aryl methyl sites for hydroxylation is 2. The van der Waals surface area contributed by atoms with E-state index in [0.29, 0.717) is 11.3 Å². The summed E-state index contributed by atoms with van der Waals surface area (Å²) in [5.74, 6) is 0.844. The number of hydrogen-bond donors (Lipinski definition) is 1. The number of aromatic nitrogens is 1. The van der Waals surface area contributed by atoms with Gasteiger partial charge in [0.2, 0.25) is 0 Å². The van der Waals surface area contributed by atoms with Gasteiger partial charge in [0.05, 0.1) is 13.6 Å². The second-order valence-electron chi connectivity index (χ2n) is 14.8. The first-order chi connectivity index (χ1) is 22.4. The third-order valence-electron chi connectivity index (χ3n) is 9.98. The molecule has 0 aliphatic heterocycles. The minimum absolute atomic E-state index is 0. The average Bonchev–Trinajstić information content (AvgIpc) is 3.07. The number of hydrogen-bond acceptors (Lipinski definition) is 3. The summed E-state index contributed by atoms with van der Waals surface area (Å²) in [7, 11) is -1.47. The van der Waals surface area contributed by atoms with Crippen LogP contribution in [0.25, 0.3) is 33.3 Å². The SMILES string of the molecule is C/C(C(=O)C1CCCCC1)=C(/O)C1CCCCC1.Cc1[c-]c(-c2cc(-c3ccc(F)cc3)c3cc([Si](C)(C)C)ccc3n2)cc(C)c1.[Ir]. The molecular formula is C42H51FIrNO2Si-. The Balaban J connectivity index is 0.000000236. The number of carbonyl (C=O) groups excluding carboxylic acids is 1. The minimum Gasteiger partial charge on any atom is -0.512 e. The zero-order valence-corrected chi connectivity index (χ0v) is 32.9. The Labute approximate surface area is 301 Å². The predicted octanol–water partition coefficient (Wildman–Crippen LogP) is 11.2. The number of benzene rings is 3. The van der Waals surface area contributed by atoms with Crippen LogP contribution in [0.2, 0.25) is 19.6 Å². The third kappa shape index (κ3) is 9.40. The molecule has 1 N–H and O–H groups in total. The Bertz CT molecular complexity index is 1730. The Morgan fingerprint density at radius 2 is 1.44 bits per heavy atom. The number of aliphatic hydroxyl groups is 1. The number of halogens is 1. The molecule has 6 heteroatoms. The van der Waals surface area contributed by atoms with Crippen molar-refractivity contribution in [2.24, 2.45) is 11.8 Å². The van der Waals surface area contributed by atoms with Gasteiger partial charge in [0.1, 0.15) is 11.6 Å². The van der Waals surface area contributed by atoms with E-state index in [0.717, 1.165) is 64.5 Å². The molecule has 2 aliphatic rings. The first kappa shape index (κ1) is 37.9. The molecule has 2 saturated carbocycles. The first-order valence-electron chi connectivity index (χ1n) is 17.6. The fourth-order valence-electron chi connectivity index (χ4n) is 7.21. The smallest absolute Gasteiger partial charge is 0.164 e. The molecule has 4 aromatic rings. The van der Waals surface area contributed by atoms with Crippen molar-refractivity contribution >= 4 is 29.9 Å². The fourth-order valence-corrected chi connectivity index (χ4v) is 8.37. The van der Waals surface area contributed by atoms with Gasteiger partial charge in [-0.05, 0) is 67.6 Å². The number of allylic oxidation sites excluding steroid dienone is 2. The predicted molar refractivity (Wildman–Crippen MR) is 197 cm³/mol. The number of ketones is 1. The van der Waals surface area contributed by atoms with Gasteiger partial charge in [-0.25, -0.2) is 4.39 Å². The topological polar surface area (TPSA) is 50.2 Å². The molecule has 48 heavy (non-hydrogen) atoms. The summed E-state index contributed by atoms with van der Waals surface area (Å²) >= 11 is 0. The molecule has 3 nitrogen and oxygen atoms in total. The Morgan fingerprint density at radius 3 is 2.02 bits per heavy atom. The van der Waals surface area contributed by atoms with E-state index in [9.17, 15) is 14.3 Å². The van der Waals surface area contributed by atoms with Crippen LogP contribution in [0.1, 0.15) is 82.3 Å². The molecule has 2 fully saturated rings. The molecule has 0 saturated heterocycles. The summed E-state index contributed by atoms with van der Waals surface area (Å²) in [5, 5.41) is 12.8. The monoisotopic (exact) mass is 841 g/mol. The largest absolute Gasteiger partial charge is 0.512 e. The van der Waals surface area contributed by atoms with Crippen LogP contribution in [0, 0.1) is 37.6 Å². The number of aliphatic hydroxyl groups excluding tert-OH is 1. The van der Waals surface area contributed by atoms with Crippen molar-refractivity contribution < 1.29 is 34.4 Å². The van der Waals surface area contributed by atoms with Crippen molar-refractivity contribution in [1.82, 2.24) is 4.98 Å². The van der Waals surface area contributed by atoms with Gasteiger partial charge in [-0.2, -0.15) is 0 Å². The summed E-state index contributed by atoms with van der Waals surface area (Å²) in [6, 6.07) is 23.1. The number of carbonyl (C=O) groups is 1. The van der Waals surface area contributed by atoms with Crippen LogP contribution in [-0.2, 0) is 24.9 Å². The van der Waals surface area contributed by atoms with Crippen LogP contribution in [0.3, 0.4) is 0 Å². The van der Waals surface area contributed by atoms with Crippen LogP contribution >= 0.6 is 0 Å². The van der Waals surface area contributed by atoms with Gasteiger partial charge in [-0.3, -0.25) is 9.78 Å². The number of pyridine rings is 1. The van der Waals surface area contributed by atoms with Gasteiger partial charge in [0.15, 0.2) is 5.78 Å². The van der Waals surface area contributed by atoms with Gasteiger partial charge < -0.3 is 5.11 Å². The van der Waals surface area contributed by atoms with E-state index in [1.54, 1.807) is 0 Å². The van der Waals surface area contributed by atoms with Crippen molar-refractivity contribution in [3.63, 3.8) is 0 Å². The summed E-state index contributed by atoms with van der Waals surface area (Å²) in [6.07, 6.45) is 11.4. The van der Waals surface area contributed by atoms with E-state index < -0.39 is 8.07 Å². The van der Waals surface area contributed by atoms with E-state index in [-0.39, 0.29) is 43.5 Å². The molecule has 6 rings (SSSR count). The quantitative estimate of drug-likeness (QED) is 0.0911. The van der Waals surface area contributed by atoms with Gasteiger partial charge in [-0.15, -0.1) is 34.9 Å². The molecule has 2 aliphatic carbocycles. The minimum atomic E-state index is -1.47. The van der Waals surface area contributed by atoms with Crippen molar-refractivity contribution in [2.75, 3.05) is 0 Å². The van der Waals surface area contributed by atoms with Crippen LogP contribution < -0.4 is 5.19 Å². The maximum absolute atomic E-state index is 13.6. The number of nitrogens with zero attached hydrogens (tertiary/aromatic N) is 1. The fraction of sp³-hybridized carbons (Fsp3) is 0.429. The average molecular weight is 841 g/mol. The number of Topliss-reactive ketones (excluding diaryl/α,β-unsaturated/α-hetero) is 1. The van der Waals surface area contributed by atoms with Gasteiger partial charge in [0.25, 0.3) is 0 Å². The van der Waals surface area contributed by atoms with E-state index in [4.69, 9.17) is 4.98 Å². The van der Waals surface area contributed by atoms with E-state index in [1.807, 2.05) is 19.1 Å². The van der Waals surface area contributed by atoms with Crippen LogP contribution in [0.15, 0.2) is 72.0 Å². The zero-order chi connectivity index (χ0) is 33.7. The normalized spacial score (nSPS) is 16.4. The third-order valence-corrected chi connectivity index (χ3v) is 12.0. The Morgan fingerprint density at radius 1 is 0.833 bits per heavy atom. The van der Waals surface area contributed by atoms with Gasteiger partial charge >= 0.3 is 0 Å². The molecule has 0 bridgehead atoms. The Hall–Kier alpha value is -2.92. The summed E-state index contributed by atoms with van der Waals surface area (Å²) in [6.45, 7) is 13.0. The number of rotatable bonds is 6. The molecule has 0 amide bonds. The van der Waals surface area contributed by atoms with Crippen molar-refractivity contribution in [3.8, 4) is 22.4 Å². The van der Waals surface area contributed by atoms with E-state index in [1.165, 1.54) is 61.4 Å². The van der Waals surface area contributed by atoms with Gasteiger partial charge in [-0.1, -0.05) is 108 Å². The van der Waals surface area contributed by atoms with Crippen molar-refractivity contribution in [3.05, 3.63) is 95.0 Å². The molecule has 0 spiro atoms. The van der Waals surface area contributed by atoms with Crippen LogP contribution in [0.5, 0.6) is 0 Å². The first-order valence-corrected chi connectivity index (χ1v) is 21.1. The van der Waals surface area contributed by atoms with Crippen molar-refractivity contribution in [1.29, 1.82) is 0 Å². The molecule has 0 unspecified atom stereocenters. The molecule has 257 valence electrons. The van der Waals surface area contributed by atoms with Crippen LogP contribution in [-0.4, -0.2) is 23.9 Å². The standard InChI is InChI=1S/C26H25FNSi.C16H26O2.Ir/c1-17-12-18(2)14-20(13-17)26-16-23(19-6-8-21(27)9-7-19)24-15-22(29(3,4)5)10-11-25(24)28-26;1-12(15(17)13-8-4-2-5-9-13)16(18)14-10-6-3-7-11-14;/h6-13,15-16H,1-5H3;13-14,17H,2-11H2,1H3;/q-1;;/b;15-12-;. The molecule has 0 atom stereocenters.